The highest BCUT2D eigenvalue weighted by Gasteiger charge is 2.18. The lowest BCUT2D eigenvalue weighted by atomic mass is 10.1. The summed E-state index contributed by atoms with van der Waals surface area (Å²) in [5.74, 6) is 0. The van der Waals surface area contributed by atoms with Crippen molar-refractivity contribution in [1.82, 2.24) is 123 Å². The lowest BCUT2D eigenvalue weighted by molar-refractivity contribution is 0.183. The summed E-state index contributed by atoms with van der Waals surface area (Å²) in [4.78, 5) is 27.3. The molecule has 0 amide bonds. The molecule has 1 N–H and O–H groups in total. The topological polar surface area (TPSA) is 278 Å². The maximum atomic E-state index is 5.09. The standard InChI is InChI=1S/C19H18N8O.C18H17N9O.C17H14N8/c1-28-8-7-26-13-15(9-21-26)17-10-20-18-19(22-17)27(24-23-18)12-14-4-5-16-3-2-6-25(16)11-14;1-28-7-6-25-12-14(8-21-25)16-9-19-17-18(22-16)27(24-23-17)11-13-2-3-15-4-5-20-26(15)10-13;1-11(12-4-5-14-3-2-6-24(14)10-12)25-17-16(22-23-25)18-9-15(21-17)13-7-19-20-8-13/h2-6,9-11,13H,7-8,12H2,1H3;2-5,8-10,12H,6-7,11H2,1H3;2-11H,1H3,(H,19,20). The molecule has 0 bridgehead atoms. The first-order chi connectivity index (χ1) is 39.9. The third-order valence-electron chi connectivity index (χ3n) is 13.4. The Morgan fingerprint density at radius 3 is 1.69 bits per heavy atom. The van der Waals surface area contributed by atoms with Crippen molar-refractivity contribution in [3.8, 4) is 33.8 Å². The number of methoxy groups -OCH3 is 2. The van der Waals surface area contributed by atoms with E-state index in [1.807, 2.05) is 75.2 Å². The number of ether oxygens (including phenoxy) is 2. The molecule has 0 aliphatic rings. The van der Waals surface area contributed by atoms with Crippen molar-refractivity contribution in [3.63, 3.8) is 0 Å². The summed E-state index contributed by atoms with van der Waals surface area (Å²) in [5, 5.41) is 44.8. The molecule has 0 fully saturated rings. The van der Waals surface area contributed by atoms with Gasteiger partial charge in [0, 0.05) is 97.7 Å². The van der Waals surface area contributed by atoms with Gasteiger partial charge in [0.1, 0.15) is 0 Å². The van der Waals surface area contributed by atoms with Gasteiger partial charge in [0.15, 0.2) is 16.9 Å². The van der Waals surface area contributed by atoms with Gasteiger partial charge in [-0.1, -0.05) is 33.8 Å². The summed E-state index contributed by atoms with van der Waals surface area (Å²) in [7, 11) is 3.34. The van der Waals surface area contributed by atoms with Crippen LogP contribution in [0.2, 0.25) is 0 Å². The van der Waals surface area contributed by atoms with Gasteiger partial charge in [-0.05, 0) is 72.1 Å². The van der Waals surface area contributed by atoms with Crippen LogP contribution in [0, 0.1) is 0 Å². The first-order valence-electron chi connectivity index (χ1n) is 25.7. The molecular weight excluding hydrogens is 1030 g/mol. The number of aromatic amines is 1. The Morgan fingerprint density at radius 1 is 0.519 bits per heavy atom. The molecule has 0 saturated carbocycles. The van der Waals surface area contributed by atoms with Crippen molar-refractivity contribution in [1.29, 1.82) is 0 Å². The fraction of sp³-hybridized carbons (Fsp3) is 0.185. The molecule has 0 radical (unpaired) electrons. The summed E-state index contributed by atoms with van der Waals surface area (Å²) in [6.45, 7) is 5.74. The third-order valence-corrected chi connectivity index (χ3v) is 13.4. The van der Waals surface area contributed by atoms with Crippen LogP contribution in [0.3, 0.4) is 0 Å². The molecule has 402 valence electrons. The highest BCUT2D eigenvalue weighted by atomic mass is 16.5. The Morgan fingerprint density at radius 2 is 1.07 bits per heavy atom. The van der Waals surface area contributed by atoms with Gasteiger partial charge in [-0.15, -0.1) is 15.3 Å². The fourth-order valence-electron chi connectivity index (χ4n) is 9.14. The zero-order valence-electron chi connectivity index (χ0n) is 43.9. The molecule has 0 aromatic carbocycles. The van der Waals surface area contributed by atoms with E-state index in [0.29, 0.717) is 73.3 Å². The number of nitrogens with zero attached hydrogens (tertiary/aromatic N) is 24. The summed E-state index contributed by atoms with van der Waals surface area (Å²) >= 11 is 0. The van der Waals surface area contributed by atoms with Gasteiger partial charge in [0.2, 0.25) is 16.9 Å². The molecule has 81 heavy (non-hydrogen) atoms. The number of hydrogen-bond donors (Lipinski definition) is 1. The summed E-state index contributed by atoms with van der Waals surface area (Å²) in [6.07, 6.45) is 28.0. The van der Waals surface area contributed by atoms with E-state index in [9.17, 15) is 0 Å². The Balaban J connectivity index is 0.000000115. The van der Waals surface area contributed by atoms with Crippen molar-refractivity contribution < 1.29 is 9.47 Å². The van der Waals surface area contributed by atoms with Crippen molar-refractivity contribution in [2.45, 2.75) is 39.1 Å². The van der Waals surface area contributed by atoms with E-state index < -0.39 is 0 Å². The monoisotopic (exact) mass is 1080 g/mol. The quantitative estimate of drug-likeness (QED) is 0.124. The first kappa shape index (κ1) is 49.8. The number of H-pyrrole nitrogens is 1. The lowest BCUT2D eigenvalue weighted by Gasteiger charge is -2.13. The number of nitrogens with one attached hydrogen (secondary N) is 1. The maximum Gasteiger partial charge on any atom is 0.221 e. The largest absolute Gasteiger partial charge is 0.383 e. The van der Waals surface area contributed by atoms with Crippen LogP contribution in [0.1, 0.15) is 29.7 Å². The summed E-state index contributed by atoms with van der Waals surface area (Å²) in [6, 6.07) is 22.5. The maximum absolute atomic E-state index is 5.09. The lowest BCUT2D eigenvalue weighted by Crippen LogP contribution is -2.10. The van der Waals surface area contributed by atoms with Crippen LogP contribution in [0.15, 0.2) is 160 Å². The van der Waals surface area contributed by atoms with Crippen molar-refractivity contribution in [3.05, 3.63) is 176 Å². The van der Waals surface area contributed by atoms with Gasteiger partial charge in [0.05, 0.1) is 105 Å². The van der Waals surface area contributed by atoms with Crippen LogP contribution in [0.25, 0.3) is 84.2 Å². The van der Waals surface area contributed by atoms with Gasteiger partial charge >= 0.3 is 0 Å². The molecule has 15 heterocycles. The Labute approximate surface area is 458 Å². The number of hydrogen-bond acceptors (Lipinski definition) is 18. The van der Waals surface area contributed by atoms with Crippen LogP contribution in [-0.2, 0) is 35.7 Å². The molecule has 0 aliphatic heterocycles. The van der Waals surface area contributed by atoms with E-state index in [-0.39, 0.29) is 6.04 Å². The Kier molecular flexibility index (Phi) is 13.5. The fourth-order valence-corrected chi connectivity index (χ4v) is 9.14. The van der Waals surface area contributed by atoms with Crippen LogP contribution in [0.5, 0.6) is 0 Å². The molecule has 27 nitrogen and oxygen atoms in total. The molecule has 15 aromatic heterocycles. The SMILES string of the molecule is CC(c1ccc2cccn2c1)n1nnc2ncc(-c3cn[nH]c3)nc21.COCCn1cc(-c2cnc3nnn(Cc4ccc5cccn5c4)c3n2)cn1.COCCn1cc(-c2cnc3nnn(Cc4ccc5ccnn5c4)c3n2)cn1. The molecule has 0 aliphatic carbocycles. The van der Waals surface area contributed by atoms with Gasteiger partial charge < -0.3 is 18.3 Å². The Bertz CT molecular complexity index is 4400. The van der Waals surface area contributed by atoms with Crippen LogP contribution in [0.4, 0.5) is 0 Å². The van der Waals surface area contributed by atoms with Crippen molar-refractivity contribution in [2.75, 3.05) is 27.4 Å². The van der Waals surface area contributed by atoms with Crippen molar-refractivity contribution in [2.24, 2.45) is 0 Å². The van der Waals surface area contributed by atoms with E-state index >= 15 is 0 Å². The number of fused-ring (bicyclic) bond motifs is 6. The van der Waals surface area contributed by atoms with E-state index in [4.69, 9.17) is 19.4 Å². The minimum atomic E-state index is -0.0225. The van der Waals surface area contributed by atoms with Gasteiger partial charge in [-0.2, -0.15) is 20.4 Å². The molecule has 1 atom stereocenters. The normalized spacial score (nSPS) is 12.0. The second-order valence-corrected chi connectivity index (χ2v) is 18.8. The van der Waals surface area contributed by atoms with E-state index in [0.717, 1.165) is 67.0 Å². The zero-order chi connectivity index (χ0) is 54.7. The molecule has 15 aromatic rings. The first-order valence-corrected chi connectivity index (χ1v) is 25.7. The predicted octanol–water partition coefficient (Wildman–Crippen LogP) is 5.93. The minimum Gasteiger partial charge on any atom is -0.383 e. The molecule has 15 rings (SSSR count). The average molecular weight is 1080 g/mol. The van der Waals surface area contributed by atoms with Gasteiger partial charge in [0.25, 0.3) is 0 Å². The smallest absolute Gasteiger partial charge is 0.221 e. The third kappa shape index (κ3) is 10.4. The van der Waals surface area contributed by atoms with E-state index in [2.05, 4.69) is 141 Å². The highest BCUT2D eigenvalue weighted by molar-refractivity contribution is 5.72. The summed E-state index contributed by atoms with van der Waals surface area (Å²) in [5.41, 5.74) is 15.0. The molecule has 1 unspecified atom stereocenters. The molecule has 0 spiro atoms. The van der Waals surface area contributed by atoms with Crippen LogP contribution < -0.4 is 0 Å². The molecular formula is C54H49N25O2. The number of aromatic nitrogens is 25. The second-order valence-electron chi connectivity index (χ2n) is 18.8. The van der Waals surface area contributed by atoms with E-state index in [1.165, 1.54) is 0 Å². The number of rotatable bonds is 15. The molecule has 0 saturated heterocycles. The Hall–Kier alpha value is -10.8. The van der Waals surface area contributed by atoms with Crippen LogP contribution in [-0.4, -0.2) is 150 Å². The van der Waals surface area contributed by atoms with Gasteiger partial charge in [-0.3, -0.25) is 14.5 Å². The van der Waals surface area contributed by atoms with E-state index in [1.54, 1.807) is 77.8 Å². The van der Waals surface area contributed by atoms with Crippen molar-refractivity contribution >= 4 is 50.4 Å². The zero-order valence-corrected chi connectivity index (χ0v) is 43.9. The minimum absolute atomic E-state index is 0.0225. The average Bonchev–Trinajstić information content (AvgIpc) is 4.47. The second kappa shape index (κ2) is 21.9. The number of pyridine rings is 3. The molecule has 27 heteroatoms. The summed E-state index contributed by atoms with van der Waals surface area (Å²) < 4.78 is 25.1. The highest BCUT2D eigenvalue weighted by Crippen LogP contribution is 2.25. The van der Waals surface area contributed by atoms with Gasteiger partial charge in [-0.25, -0.2) is 48.5 Å². The van der Waals surface area contributed by atoms with Crippen LogP contribution >= 0.6 is 0 Å². The predicted molar refractivity (Wildman–Crippen MR) is 295 cm³/mol.